The van der Waals surface area contributed by atoms with E-state index in [9.17, 15) is 24.6 Å². The highest BCUT2D eigenvalue weighted by atomic mass is 28.4. The quantitative estimate of drug-likeness (QED) is 0.0254. The van der Waals surface area contributed by atoms with Gasteiger partial charge in [0.05, 0.1) is 85.1 Å². The average molecular weight is 2180 g/mol. The van der Waals surface area contributed by atoms with Crippen molar-refractivity contribution in [2.45, 2.75) is 727 Å². The normalized spacial score (nSPS) is 21.3. The second-order valence-corrected chi connectivity index (χ2v) is 86.1. The lowest BCUT2D eigenvalue weighted by Gasteiger charge is -2.51. The molecule has 0 bridgehead atoms. The summed E-state index contributed by atoms with van der Waals surface area (Å²) in [4.78, 5) is 46.5. The summed E-state index contributed by atoms with van der Waals surface area (Å²) in [6.07, 6.45) is 41.7. The van der Waals surface area contributed by atoms with Crippen molar-refractivity contribution in [3.8, 4) is 0 Å². The molecule has 3 amide bonds. The van der Waals surface area contributed by atoms with Crippen molar-refractivity contribution < 1.29 is 65.4 Å². The summed E-state index contributed by atoms with van der Waals surface area (Å²) in [5, 5.41) is 23.3. The summed E-state index contributed by atoms with van der Waals surface area (Å²) >= 11 is 0. The Morgan fingerprint density at radius 2 is 0.574 bits per heavy atom. The Bertz CT molecular complexity index is 3560. The fraction of sp³-hybridized carbons (Fsp3) is 0.904. The molecule has 0 aliphatic carbocycles. The minimum absolute atomic E-state index is 0.0392. The van der Waals surface area contributed by atoms with Crippen LogP contribution in [0, 0.1) is 0 Å². The van der Waals surface area contributed by atoms with Gasteiger partial charge in [0.25, 0.3) is 0 Å². The van der Waals surface area contributed by atoms with Crippen molar-refractivity contribution >= 4 is 68.2 Å². The molecular weight excluding hydrogens is 1940 g/mol. The summed E-state index contributed by atoms with van der Waals surface area (Å²) in [7, 11) is -12.4. The molecule has 15 atom stereocenters. The second kappa shape index (κ2) is 67.0. The Balaban J connectivity index is 0.000000751. The molecule has 4 heterocycles. The number of carbonyl (C=O) groups is 3. The van der Waals surface area contributed by atoms with Crippen LogP contribution in [0.1, 0.15) is 525 Å². The molecule has 4 saturated heterocycles. The third kappa shape index (κ3) is 40.0. The molecule has 23 heteroatoms. The lowest BCUT2D eigenvalue weighted by Crippen LogP contribution is -2.62. The fourth-order valence-electron chi connectivity index (χ4n) is 28.6. The lowest BCUT2D eigenvalue weighted by atomic mass is 9.89. The maximum atomic E-state index is 13.8. The number of piperidine rings is 3. The molecule has 4 fully saturated rings. The van der Waals surface area contributed by atoms with Gasteiger partial charge in [-0.15, -0.1) is 17.2 Å². The van der Waals surface area contributed by atoms with Crippen LogP contribution in [0.2, 0.25) is 99.7 Å². The summed E-state index contributed by atoms with van der Waals surface area (Å²) in [5.74, 6) is 0. The smallest absolute Gasteiger partial charge is 0.410 e. The monoisotopic (exact) mass is 2180 g/mol. The average Bonchev–Trinajstić information content (AvgIpc) is 1.70. The standard InChI is InChI=1S/2C43H85NO5Si2.C39H75NO4Si2/c2*1-18-19-20-21-23-26-38(48-50(31(2)3,32(4)5)33(6)7)27-24-22-25-28-40(45)39-29-30-41(37(14)44(39)42(46)47-43(15,16)17)49-51(34(8)9,35(10)11)36(12)13;1-15-16-17-18-20-23-35(43-45(28(2)3,29(4)5)30(6)7)24-21-19-22-25-38-36-26-27-37(34(14)40(36)39(41)42-38)44-46(31(8)9,32(10)11)33(12)13/h2*22,27,31-41,45H,18-21,23,25-26,28-30H2,1-17H3;19,24,28-38H,15-18,20,22-23,25-27H2,1-14H3/t24?,37-,38-,39+,40+,41+;24?,37-,38-,39+,40-,41+;21?,34-,35-,36+,37+,38+/m000/s1. The molecule has 2 N–H and O–H groups in total. The third-order valence-corrected chi connectivity index (χ3v) is 72.1. The van der Waals surface area contributed by atoms with Gasteiger partial charge >= 0.3 is 18.3 Å². The highest BCUT2D eigenvalue weighted by Gasteiger charge is 2.58. The van der Waals surface area contributed by atoms with E-state index in [0.29, 0.717) is 138 Å². The Kier molecular flexibility index (Phi) is 64.1. The second-order valence-electron chi connectivity index (χ2n) is 53.7. The number of aliphatic hydroxyl groups excluding tert-OH is 2. The first-order chi connectivity index (χ1) is 68.8. The van der Waals surface area contributed by atoms with Gasteiger partial charge in [-0.3, -0.25) is 14.7 Å². The summed E-state index contributed by atoms with van der Waals surface area (Å²) in [6, 6.07) is -0.869. The van der Waals surface area contributed by atoms with Crippen molar-refractivity contribution in [3.63, 3.8) is 0 Å². The maximum absolute atomic E-state index is 13.8. The molecule has 17 nitrogen and oxygen atoms in total. The molecule has 0 aromatic rings. The van der Waals surface area contributed by atoms with Gasteiger partial charge in [0.2, 0.25) is 49.9 Å². The summed E-state index contributed by atoms with van der Waals surface area (Å²) in [6.45, 7) is 109. The Morgan fingerprint density at radius 3 is 0.818 bits per heavy atom. The van der Waals surface area contributed by atoms with Crippen molar-refractivity contribution in [2.75, 3.05) is 0 Å². The van der Waals surface area contributed by atoms with E-state index in [0.717, 1.165) is 57.8 Å². The summed E-state index contributed by atoms with van der Waals surface area (Å²) in [5.41, 5.74) is 18.4. The molecule has 4 aliphatic rings. The van der Waals surface area contributed by atoms with Gasteiger partial charge in [-0.05, 0) is 295 Å². The number of fused-ring (bicyclic) bond motifs is 1. The number of rotatable bonds is 62. The van der Waals surface area contributed by atoms with Crippen LogP contribution in [0.4, 0.5) is 14.4 Å². The number of carbonyl (C=O) groups excluding carboxylic acids is 3. The SMILES string of the molecule is CCCCCCC[C@@H](C=C=CCC[C@@H](O)[C@H]1CC[C@@H](O[Si](C(C)C)(C(C)C)C(C)C)[C@H](C)N1C(=O)OC(C)(C)C)O[Si](C(C)C)(C(C)C)C(C)C.CCCCCCC[C@@H](C=C=CCC[C@H](O)[C@H]1CC[C@@H](O[Si](C(C)C)(C(C)C)C(C)C)[C@H](C)N1C(=O)OC(C)(C)C)O[Si](C(C)C)(C(C)C)C(C)C.CCCCCCC[C@@H](C=C=CCC[C@H]1OC(=O)N2[C@@H]1CC[C@@H](O[Si](C(C)C)(C(C)C)C(C)C)[C@@H]2C)O[Si](C(C)C)(C(C)C)C(C)C. The van der Waals surface area contributed by atoms with Crippen LogP contribution in [-0.2, 0) is 40.8 Å². The van der Waals surface area contributed by atoms with Gasteiger partial charge in [-0.2, -0.15) is 0 Å². The zero-order valence-electron chi connectivity index (χ0n) is 106. The van der Waals surface area contributed by atoms with E-state index >= 15 is 0 Å². The van der Waals surface area contributed by atoms with Crippen LogP contribution in [0.3, 0.4) is 0 Å². The Hall–Kier alpha value is -2.65. The molecular formula is C125H245N3O14Si6. The fourth-order valence-corrected chi connectivity index (χ4v) is 62.1. The lowest BCUT2D eigenvalue weighted by molar-refractivity contribution is -0.0645. The highest BCUT2D eigenvalue weighted by molar-refractivity contribution is 6.80. The van der Waals surface area contributed by atoms with Crippen LogP contribution in [0.15, 0.2) is 53.6 Å². The molecule has 868 valence electrons. The van der Waals surface area contributed by atoms with Crippen LogP contribution in [-0.4, -0.2) is 195 Å². The number of aliphatic hydroxyl groups is 2. The first-order valence-electron chi connectivity index (χ1n) is 61.4. The molecule has 0 radical (unpaired) electrons. The van der Waals surface area contributed by atoms with E-state index in [-0.39, 0.29) is 97.3 Å². The van der Waals surface area contributed by atoms with Crippen molar-refractivity contribution in [2.24, 2.45) is 0 Å². The van der Waals surface area contributed by atoms with E-state index in [4.69, 9.17) is 40.8 Å². The van der Waals surface area contributed by atoms with Gasteiger partial charge < -0.3 is 51.0 Å². The molecule has 0 spiro atoms. The number of ether oxygens (including phenoxy) is 3. The van der Waals surface area contributed by atoms with E-state index in [1.807, 2.05) is 56.2 Å². The van der Waals surface area contributed by atoms with Crippen LogP contribution < -0.4 is 0 Å². The third-order valence-electron chi connectivity index (χ3n) is 35.4. The topological polar surface area (TPSA) is 184 Å². The van der Waals surface area contributed by atoms with Gasteiger partial charge in [-0.1, -0.05) is 366 Å². The van der Waals surface area contributed by atoms with Crippen LogP contribution >= 0.6 is 0 Å². The van der Waals surface area contributed by atoms with Crippen molar-refractivity contribution in [1.29, 1.82) is 0 Å². The van der Waals surface area contributed by atoms with Gasteiger partial charge in [0.1, 0.15) is 17.3 Å². The highest BCUT2D eigenvalue weighted by Crippen LogP contribution is 2.53. The summed E-state index contributed by atoms with van der Waals surface area (Å²) < 4.78 is 61.3. The maximum Gasteiger partial charge on any atom is 0.410 e. The minimum Gasteiger partial charge on any atom is -0.444 e. The van der Waals surface area contributed by atoms with E-state index < -0.39 is 73.3 Å². The molecule has 0 unspecified atom stereocenters. The first kappa shape index (κ1) is 141. The van der Waals surface area contributed by atoms with E-state index in [1.54, 1.807) is 0 Å². The predicted molar refractivity (Wildman–Crippen MR) is 649 cm³/mol. The first-order valence-corrected chi connectivity index (χ1v) is 74.3. The van der Waals surface area contributed by atoms with Crippen molar-refractivity contribution in [3.05, 3.63) is 53.6 Å². The number of nitrogens with zero attached hydrogens (tertiary/aromatic N) is 3. The van der Waals surface area contributed by atoms with E-state index in [2.05, 4.69) is 344 Å². The largest absolute Gasteiger partial charge is 0.444 e. The Morgan fingerprint density at radius 1 is 0.338 bits per heavy atom. The molecule has 0 saturated carbocycles. The minimum atomic E-state index is -2.17. The predicted octanol–water partition coefficient (Wildman–Crippen LogP) is 38.5. The molecule has 4 aliphatic heterocycles. The molecule has 148 heavy (non-hydrogen) atoms. The molecule has 4 rings (SSSR count). The van der Waals surface area contributed by atoms with Gasteiger partial charge in [0.15, 0.2) is 0 Å². The van der Waals surface area contributed by atoms with Crippen molar-refractivity contribution in [1.82, 2.24) is 14.7 Å². The van der Waals surface area contributed by atoms with Gasteiger partial charge in [0, 0.05) is 0 Å². The molecule has 0 aromatic heterocycles. The number of amides is 3. The Labute approximate surface area is 922 Å². The zero-order valence-corrected chi connectivity index (χ0v) is 112. The number of hydrogen-bond donors (Lipinski definition) is 2. The number of cyclic esters (lactones) is 1. The molecule has 0 aromatic carbocycles. The van der Waals surface area contributed by atoms with Crippen LogP contribution in [0.5, 0.6) is 0 Å². The van der Waals surface area contributed by atoms with Crippen LogP contribution in [0.25, 0.3) is 0 Å². The zero-order chi connectivity index (χ0) is 113. The van der Waals surface area contributed by atoms with Gasteiger partial charge in [-0.25, -0.2) is 14.4 Å². The number of unbranched alkanes of at least 4 members (excludes halogenated alkanes) is 12. The number of hydrogen-bond acceptors (Lipinski definition) is 14. The van der Waals surface area contributed by atoms with E-state index in [1.165, 1.54) is 96.3 Å². The number of likely N-dealkylation sites (tertiary alicyclic amines) is 2.